The molecule has 2 aliphatic heterocycles. The van der Waals surface area contributed by atoms with E-state index in [4.69, 9.17) is 5.14 Å². The van der Waals surface area contributed by atoms with Crippen molar-refractivity contribution in [2.75, 3.05) is 49.1 Å². The molecule has 2 aromatic carbocycles. The van der Waals surface area contributed by atoms with E-state index in [2.05, 4.69) is 34.3 Å². The number of piperazine rings is 1. The Hall–Kier alpha value is -3.98. The van der Waals surface area contributed by atoms with Crippen LogP contribution in [0.5, 0.6) is 0 Å². The van der Waals surface area contributed by atoms with Crippen molar-refractivity contribution in [3.8, 4) is 6.07 Å². The topological polar surface area (TPSA) is 136 Å². The van der Waals surface area contributed by atoms with Gasteiger partial charge < -0.3 is 20.0 Å². The molecule has 11 heteroatoms. The Morgan fingerprint density at radius 1 is 1.05 bits per heavy atom. The molecule has 3 aromatic rings. The van der Waals surface area contributed by atoms with Gasteiger partial charge in [-0.05, 0) is 87.7 Å². The minimum absolute atomic E-state index is 0.0182. The number of nitrogens with one attached hydrogen (secondary N) is 1. The summed E-state index contributed by atoms with van der Waals surface area (Å²) in [7, 11) is -3.93. The lowest BCUT2D eigenvalue weighted by molar-refractivity contribution is 0.0745. The predicted molar refractivity (Wildman–Crippen MR) is 164 cm³/mol. The first-order valence-electron chi connectivity index (χ1n) is 14.2. The normalized spacial score (nSPS) is 16.3. The number of anilines is 3. The van der Waals surface area contributed by atoms with Crippen molar-refractivity contribution < 1.29 is 13.2 Å². The van der Waals surface area contributed by atoms with Gasteiger partial charge in [-0.1, -0.05) is 18.2 Å². The van der Waals surface area contributed by atoms with E-state index in [-0.39, 0.29) is 16.8 Å². The van der Waals surface area contributed by atoms with Gasteiger partial charge in [0.05, 0.1) is 11.3 Å². The van der Waals surface area contributed by atoms with Crippen LogP contribution < -0.4 is 20.3 Å². The highest BCUT2D eigenvalue weighted by atomic mass is 32.2. The number of aryl methyl sites for hydroxylation is 2. The quantitative estimate of drug-likeness (QED) is 0.448. The van der Waals surface area contributed by atoms with Crippen molar-refractivity contribution in [1.82, 2.24) is 15.2 Å². The van der Waals surface area contributed by atoms with Gasteiger partial charge in [-0.3, -0.25) is 4.79 Å². The van der Waals surface area contributed by atoms with Crippen molar-refractivity contribution >= 4 is 33.1 Å². The zero-order valence-electron chi connectivity index (χ0n) is 24.3. The summed E-state index contributed by atoms with van der Waals surface area (Å²) >= 11 is 0. The Bertz CT molecular complexity index is 1640. The first-order valence-corrected chi connectivity index (χ1v) is 15.8. The monoisotopic (exact) mass is 587 g/mol. The van der Waals surface area contributed by atoms with Gasteiger partial charge in [0.25, 0.3) is 5.91 Å². The van der Waals surface area contributed by atoms with Gasteiger partial charge in [0, 0.05) is 49.7 Å². The zero-order chi connectivity index (χ0) is 30.0. The molecule has 220 valence electrons. The number of primary sulfonamides is 1. The Labute approximate surface area is 247 Å². The summed E-state index contributed by atoms with van der Waals surface area (Å²) in [6.07, 6.45) is 3.39. The van der Waals surface area contributed by atoms with E-state index >= 15 is 0 Å². The minimum Gasteiger partial charge on any atom is -0.352 e. The fourth-order valence-corrected chi connectivity index (χ4v) is 7.04. The number of nitrogens with zero attached hydrogens (tertiary/aromatic N) is 5. The molecule has 2 saturated heterocycles. The summed E-state index contributed by atoms with van der Waals surface area (Å²) in [5.41, 5.74) is 5.96. The number of pyridine rings is 1. The average Bonchev–Trinajstić information content (AvgIpc) is 2.99. The van der Waals surface area contributed by atoms with Crippen LogP contribution in [0.2, 0.25) is 0 Å². The Morgan fingerprint density at radius 2 is 1.74 bits per heavy atom. The van der Waals surface area contributed by atoms with Crippen molar-refractivity contribution in [2.45, 2.75) is 44.6 Å². The predicted octanol–water partition coefficient (Wildman–Crippen LogP) is 3.38. The van der Waals surface area contributed by atoms with Gasteiger partial charge in [-0.25, -0.2) is 18.5 Å². The largest absolute Gasteiger partial charge is 0.352 e. The number of amides is 1. The standard InChI is InChI=1S/C31H37N7O3S/c1-21-19-22(2)29(38(25-10-13-34-14-11-25)26-8-5-4-7-24(26)20-32)23(3)28(21)31(39)37-17-15-36(16-18-37)30-27(42(33,40)41)9-6-12-35-30/h4-9,12,19,25,34H,10-11,13-18H2,1-3H3,(H2,33,40,41). The van der Waals surface area contributed by atoms with Gasteiger partial charge in [0.2, 0.25) is 10.0 Å². The van der Waals surface area contributed by atoms with E-state index < -0.39 is 10.0 Å². The molecule has 2 aliphatic rings. The Kier molecular flexibility index (Phi) is 8.50. The summed E-state index contributed by atoms with van der Waals surface area (Å²) in [5, 5.41) is 18.8. The number of hydrogen-bond donors (Lipinski definition) is 2. The molecule has 10 nitrogen and oxygen atoms in total. The van der Waals surface area contributed by atoms with Crippen LogP contribution in [0.25, 0.3) is 0 Å². The molecule has 42 heavy (non-hydrogen) atoms. The molecule has 0 bridgehead atoms. The molecular weight excluding hydrogens is 550 g/mol. The third-order valence-electron chi connectivity index (χ3n) is 8.27. The van der Waals surface area contributed by atoms with Gasteiger partial charge in [-0.2, -0.15) is 5.26 Å². The maximum atomic E-state index is 14.1. The van der Waals surface area contributed by atoms with Gasteiger partial charge in [0.1, 0.15) is 16.8 Å². The summed E-state index contributed by atoms with van der Waals surface area (Å²) in [4.78, 5) is 24.4. The molecule has 5 rings (SSSR count). The number of nitriles is 1. The van der Waals surface area contributed by atoms with Gasteiger partial charge >= 0.3 is 0 Å². The Morgan fingerprint density at radius 3 is 2.40 bits per heavy atom. The molecule has 3 N–H and O–H groups in total. The van der Waals surface area contributed by atoms with Gasteiger partial charge in [-0.15, -0.1) is 0 Å². The average molecular weight is 588 g/mol. The first kappa shape index (κ1) is 29.5. The van der Waals surface area contributed by atoms with Crippen LogP contribution in [0, 0.1) is 32.1 Å². The zero-order valence-corrected chi connectivity index (χ0v) is 25.1. The van der Waals surface area contributed by atoms with Crippen LogP contribution in [-0.2, 0) is 10.0 Å². The molecule has 1 amide bonds. The Balaban J connectivity index is 1.49. The highest BCUT2D eigenvalue weighted by Crippen LogP contribution is 2.40. The van der Waals surface area contributed by atoms with Crippen molar-refractivity contribution in [2.24, 2.45) is 5.14 Å². The number of para-hydroxylation sites is 1. The SMILES string of the molecule is Cc1cc(C)c(N(c2ccccc2C#N)C2CCNCC2)c(C)c1C(=O)N1CCN(c2ncccc2S(N)(=O)=O)CC1. The lowest BCUT2D eigenvalue weighted by Gasteiger charge is -2.40. The highest BCUT2D eigenvalue weighted by molar-refractivity contribution is 7.89. The molecule has 0 atom stereocenters. The number of hydrogen-bond acceptors (Lipinski definition) is 8. The smallest absolute Gasteiger partial charge is 0.254 e. The molecule has 0 saturated carbocycles. The number of piperidine rings is 1. The second-order valence-corrected chi connectivity index (χ2v) is 12.5. The van der Waals surface area contributed by atoms with Crippen molar-refractivity contribution in [3.63, 3.8) is 0 Å². The van der Waals surface area contributed by atoms with E-state index in [9.17, 15) is 18.5 Å². The van der Waals surface area contributed by atoms with E-state index in [1.807, 2.05) is 47.9 Å². The van der Waals surface area contributed by atoms with Crippen LogP contribution in [0.4, 0.5) is 17.2 Å². The summed E-state index contributed by atoms with van der Waals surface area (Å²) < 4.78 is 24.2. The highest BCUT2D eigenvalue weighted by Gasteiger charge is 2.32. The second kappa shape index (κ2) is 12.1. The minimum atomic E-state index is -3.93. The number of benzene rings is 2. The molecular formula is C31H37N7O3S. The molecule has 0 radical (unpaired) electrons. The summed E-state index contributed by atoms with van der Waals surface area (Å²) in [6, 6.07) is 15.3. The molecule has 0 spiro atoms. The van der Waals surface area contributed by atoms with Crippen molar-refractivity contribution in [1.29, 1.82) is 5.26 Å². The van der Waals surface area contributed by atoms with Crippen LogP contribution in [0.15, 0.2) is 53.6 Å². The molecule has 0 aliphatic carbocycles. The number of aromatic nitrogens is 1. The third kappa shape index (κ3) is 5.70. The number of nitrogens with two attached hydrogens (primary N) is 1. The van der Waals surface area contributed by atoms with Crippen molar-refractivity contribution in [3.05, 3.63) is 76.5 Å². The number of carbonyl (C=O) groups is 1. The fourth-order valence-electron chi connectivity index (χ4n) is 6.34. The maximum Gasteiger partial charge on any atom is 0.254 e. The molecule has 2 fully saturated rings. The summed E-state index contributed by atoms with van der Waals surface area (Å²) in [6.45, 7) is 9.51. The fraction of sp³-hybridized carbons (Fsp3) is 0.387. The molecule has 0 unspecified atom stereocenters. The maximum absolute atomic E-state index is 14.1. The van der Waals surface area contributed by atoms with Crippen LogP contribution in [0.3, 0.4) is 0 Å². The lowest BCUT2D eigenvalue weighted by atomic mass is 9.92. The van der Waals surface area contributed by atoms with Crippen LogP contribution in [0.1, 0.15) is 45.5 Å². The van der Waals surface area contributed by atoms with Gasteiger partial charge in [0.15, 0.2) is 0 Å². The molecule has 3 heterocycles. The van der Waals surface area contributed by atoms with E-state index in [0.717, 1.165) is 54.0 Å². The van der Waals surface area contributed by atoms with E-state index in [1.165, 1.54) is 6.07 Å². The van der Waals surface area contributed by atoms with E-state index in [0.29, 0.717) is 43.1 Å². The van der Waals surface area contributed by atoms with Crippen LogP contribution in [-0.4, -0.2) is 69.5 Å². The number of carbonyl (C=O) groups excluding carboxylic acids is 1. The second-order valence-electron chi connectivity index (χ2n) is 11.0. The summed E-state index contributed by atoms with van der Waals surface area (Å²) in [5.74, 6) is 0.253. The molecule has 1 aromatic heterocycles. The van der Waals surface area contributed by atoms with Crippen LogP contribution >= 0.6 is 0 Å². The lowest BCUT2D eigenvalue weighted by Crippen LogP contribution is -2.49. The third-order valence-corrected chi connectivity index (χ3v) is 9.20. The first-order chi connectivity index (χ1) is 20.1. The number of sulfonamides is 1. The number of rotatable bonds is 6. The van der Waals surface area contributed by atoms with E-state index in [1.54, 1.807) is 12.3 Å².